The summed E-state index contributed by atoms with van der Waals surface area (Å²) in [5, 5.41) is 4.03. The Balaban J connectivity index is 2.64. The molecule has 13 heavy (non-hydrogen) atoms. The molecule has 1 aliphatic rings. The molecule has 0 aromatic rings. The van der Waals surface area contributed by atoms with E-state index in [0.29, 0.717) is 0 Å². The summed E-state index contributed by atoms with van der Waals surface area (Å²) in [7, 11) is 0. The fourth-order valence-electron chi connectivity index (χ4n) is 1.67. The van der Waals surface area contributed by atoms with Crippen LogP contribution in [0.5, 0.6) is 0 Å². The van der Waals surface area contributed by atoms with Crippen LogP contribution < -0.4 is 11.2 Å². The van der Waals surface area contributed by atoms with Crippen molar-refractivity contribution in [3.8, 4) is 0 Å². The zero-order chi connectivity index (χ0) is 9.90. The fraction of sp³-hybridized carbons (Fsp3) is 0.778. The minimum Gasteiger partial charge on any atom is -0.350 e. The lowest BCUT2D eigenvalue weighted by molar-refractivity contribution is 0.249. The Hall–Kier alpha value is -1.06. The van der Waals surface area contributed by atoms with E-state index in [1.54, 1.807) is 0 Å². The number of nitrogens with one attached hydrogen (secondary N) is 1. The van der Waals surface area contributed by atoms with Gasteiger partial charge in [0.1, 0.15) is 0 Å². The maximum Gasteiger partial charge on any atom is 0.332 e. The van der Waals surface area contributed by atoms with Crippen LogP contribution in [0.1, 0.15) is 39.5 Å². The fourth-order valence-corrected chi connectivity index (χ4v) is 1.67. The largest absolute Gasteiger partial charge is 0.350 e. The van der Waals surface area contributed by atoms with Crippen LogP contribution >= 0.6 is 0 Å². The molecule has 0 atom stereocenters. The first-order valence-electron chi connectivity index (χ1n) is 4.65. The van der Waals surface area contributed by atoms with Gasteiger partial charge in [-0.2, -0.15) is 5.10 Å². The van der Waals surface area contributed by atoms with Crippen LogP contribution in [0.15, 0.2) is 5.10 Å². The molecule has 0 aromatic heterocycles. The van der Waals surface area contributed by atoms with Gasteiger partial charge in [0, 0.05) is 11.1 Å². The smallest absolute Gasteiger partial charge is 0.332 e. The van der Waals surface area contributed by atoms with Crippen LogP contribution in [0.4, 0.5) is 4.79 Å². The summed E-state index contributed by atoms with van der Waals surface area (Å²) in [6.07, 6.45) is 4.49. The third-order valence-corrected chi connectivity index (χ3v) is 2.55. The van der Waals surface area contributed by atoms with Crippen molar-refractivity contribution in [3.63, 3.8) is 0 Å². The number of nitrogens with two attached hydrogens (primary N) is 1. The zero-order valence-electron chi connectivity index (χ0n) is 8.26. The van der Waals surface area contributed by atoms with Crippen molar-refractivity contribution < 1.29 is 4.79 Å². The molecule has 3 N–H and O–H groups in total. The highest BCUT2D eigenvalue weighted by atomic mass is 16.2. The SMILES string of the molecule is CC1(C)CCCC/C1=N\NC(N)=O. The molecule has 0 heterocycles. The lowest BCUT2D eigenvalue weighted by atomic mass is 9.76. The summed E-state index contributed by atoms with van der Waals surface area (Å²) in [6.45, 7) is 4.29. The second-order valence-electron chi connectivity index (χ2n) is 4.13. The first-order chi connectivity index (χ1) is 6.02. The average molecular weight is 183 g/mol. The van der Waals surface area contributed by atoms with Crippen LogP contribution in [-0.4, -0.2) is 11.7 Å². The van der Waals surface area contributed by atoms with E-state index in [1.807, 2.05) is 0 Å². The molecule has 4 nitrogen and oxygen atoms in total. The maximum atomic E-state index is 10.5. The van der Waals surface area contributed by atoms with E-state index < -0.39 is 6.03 Å². The van der Waals surface area contributed by atoms with Gasteiger partial charge in [0.05, 0.1) is 0 Å². The number of urea groups is 1. The van der Waals surface area contributed by atoms with Crippen molar-refractivity contribution in [2.75, 3.05) is 0 Å². The minimum absolute atomic E-state index is 0.112. The summed E-state index contributed by atoms with van der Waals surface area (Å²) in [6, 6.07) is -0.589. The number of carbonyl (C=O) groups is 1. The topological polar surface area (TPSA) is 67.5 Å². The Labute approximate surface area is 78.6 Å². The minimum atomic E-state index is -0.589. The van der Waals surface area contributed by atoms with E-state index in [1.165, 1.54) is 6.42 Å². The highest BCUT2D eigenvalue weighted by molar-refractivity contribution is 5.91. The monoisotopic (exact) mass is 183 g/mol. The van der Waals surface area contributed by atoms with Crippen molar-refractivity contribution in [1.29, 1.82) is 0 Å². The summed E-state index contributed by atoms with van der Waals surface area (Å²) >= 11 is 0. The summed E-state index contributed by atoms with van der Waals surface area (Å²) in [5.74, 6) is 0. The predicted octanol–water partition coefficient (Wildman–Crippen LogP) is 1.61. The molecule has 0 unspecified atom stereocenters. The van der Waals surface area contributed by atoms with E-state index in [2.05, 4.69) is 24.4 Å². The first-order valence-corrected chi connectivity index (χ1v) is 4.65. The molecule has 1 aliphatic carbocycles. The van der Waals surface area contributed by atoms with E-state index in [4.69, 9.17) is 5.73 Å². The van der Waals surface area contributed by atoms with Gasteiger partial charge in [-0.1, -0.05) is 20.3 Å². The van der Waals surface area contributed by atoms with Gasteiger partial charge in [-0.05, 0) is 19.3 Å². The number of hydrazone groups is 1. The summed E-state index contributed by atoms with van der Waals surface area (Å²) < 4.78 is 0. The van der Waals surface area contributed by atoms with Gasteiger partial charge in [-0.15, -0.1) is 0 Å². The van der Waals surface area contributed by atoms with Crippen LogP contribution in [0.25, 0.3) is 0 Å². The Morgan fingerprint density at radius 3 is 2.77 bits per heavy atom. The van der Waals surface area contributed by atoms with Crippen LogP contribution in [0.2, 0.25) is 0 Å². The van der Waals surface area contributed by atoms with Crippen LogP contribution in [-0.2, 0) is 0 Å². The molecule has 0 radical (unpaired) electrons. The van der Waals surface area contributed by atoms with Gasteiger partial charge in [-0.25, -0.2) is 10.2 Å². The van der Waals surface area contributed by atoms with Gasteiger partial charge in [0.25, 0.3) is 0 Å². The van der Waals surface area contributed by atoms with Gasteiger partial charge in [-0.3, -0.25) is 0 Å². The Morgan fingerprint density at radius 1 is 1.54 bits per heavy atom. The Morgan fingerprint density at radius 2 is 2.23 bits per heavy atom. The van der Waals surface area contributed by atoms with Crippen molar-refractivity contribution >= 4 is 11.7 Å². The third kappa shape index (κ3) is 2.72. The number of carbonyl (C=O) groups excluding carboxylic acids is 1. The van der Waals surface area contributed by atoms with Crippen molar-refractivity contribution in [1.82, 2.24) is 5.43 Å². The molecule has 0 bridgehead atoms. The van der Waals surface area contributed by atoms with Gasteiger partial charge in [0.15, 0.2) is 0 Å². The number of nitrogens with zero attached hydrogens (tertiary/aromatic N) is 1. The van der Waals surface area contributed by atoms with E-state index in [9.17, 15) is 4.79 Å². The molecule has 4 heteroatoms. The molecule has 1 fully saturated rings. The van der Waals surface area contributed by atoms with Gasteiger partial charge < -0.3 is 5.73 Å². The Bertz CT molecular complexity index is 233. The molecule has 0 spiro atoms. The number of primary amides is 1. The van der Waals surface area contributed by atoms with Crippen LogP contribution in [0, 0.1) is 5.41 Å². The number of hydrogen-bond acceptors (Lipinski definition) is 2. The van der Waals surface area contributed by atoms with E-state index in [0.717, 1.165) is 25.0 Å². The van der Waals surface area contributed by atoms with E-state index in [-0.39, 0.29) is 5.41 Å². The Kier molecular flexibility index (Phi) is 2.90. The quantitative estimate of drug-likeness (QED) is 0.596. The lowest BCUT2D eigenvalue weighted by Gasteiger charge is -2.30. The van der Waals surface area contributed by atoms with Crippen molar-refractivity contribution in [2.45, 2.75) is 39.5 Å². The number of rotatable bonds is 1. The van der Waals surface area contributed by atoms with Gasteiger partial charge in [0.2, 0.25) is 0 Å². The molecule has 1 saturated carbocycles. The lowest BCUT2D eigenvalue weighted by Crippen LogP contribution is -2.33. The second-order valence-corrected chi connectivity index (χ2v) is 4.13. The highest BCUT2D eigenvalue weighted by Crippen LogP contribution is 2.32. The van der Waals surface area contributed by atoms with E-state index >= 15 is 0 Å². The molecule has 2 amide bonds. The highest BCUT2D eigenvalue weighted by Gasteiger charge is 2.28. The number of amides is 2. The molecule has 0 aromatic carbocycles. The van der Waals surface area contributed by atoms with Gasteiger partial charge >= 0.3 is 6.03 Å². The molecule has 1 rings (SSSR count). The first kappa shape index (κ1) is 10.0. The second kappa shape index (κ2) is 3.77. The maximum absolute atomic E-state index is 10.5. The molecule has 0 aliphatic heterocycles. The zero-order valence-corrected chi connectivity index (χ0v) is 8.26. The standard InChI is InChI=1S/C9H17N3O/c1-9(2)6-4-3-5-7(9)11-12-8(10)13/h3-6H2,1-2H3,(H3,10,12,13)/b11-7+. The molecule has 74 valence electrons. The van der Waals surface area contributed by atoms with Crippen molar-refractivity contribution in [3.05, 3.63) is 0 Å². The van der Waals surface area contributed by atoms with Crippen molar-refractivity contribution in [2.24, 2.45) is 16.3 Å². The molecular weight excluding hydrogens is 166 g/mol. The summed E-state index contributed by atoms with van der Waals surface area (Å²) in [5.41, 5.74) is 8.40. The molecular formula is C9H17N3O. The summed E-state index contributed by atoms with van der Waals surface area (Å²) in [4.78, 5) is 10.5. The normalized spacial score (nSPS) is 24.3. The van der Waals surface area contributed by atoms with Crippen LogP contribution in [0.3, 0.4) is 0 Å². The molecule has 0 saturated heterocycles. The third-order valence-electron chi connectivity index (χ3n) is 2.55. The predicted molar refractivity (Wildman–Crippen MR) is 52.4 cm³/mol. The average Bonchev–Trinajstić information content (AvgIpc) is 2.01. The number of hydrogen-bond donors (Lipinski definition) is 2.